The standard InChI is InChI=1S/C11H10F3NO/c12-11(13,14)9-6-8-3-1-2-7(4-5-15)10(8)16-9/h1-3,6H,4-5,15H2. The number of benzene rings is 1. The van der Waals surface area contributed by atoms with Gasteiger partial charge in [-0.3, -0.25) is 0 Å². The third kappa shape index (κ3) is 1.90. The summed E-state index contributed by atoms with van der Waals surface area (Å²) in [5.74, 6) is -0.966. The number of para-hydroxylation sites is 1. The highest BCUT2D eigenvalue weighted by molar-refractivity contribution is 5.81. The Kier molecular flexibility index (Phi) is 2.63. The molecule has 0 radical (unpaired) electrons. The van der Waals surface area contributed by atoms with Crippen molar-refractivity contribution < 1.29 is 17.6 Å². The SMILES string of the molecule is NCCc1cccc2cc(C(F)(F)F)oc12. The van der Waals surface area contributed by atoms with E-state index in [1.54, 1.807) is 18.2 Å². The third-order valence-corrected chi connectivity index (χ3v) is 2.32. The number of halogens is 3. The maximum absolute atomic E-state index is 12.4. The molecule has 1 aromatic heterocycles. The molecule has 1 aromatic carbocycles. The van der Waals surface area contributed by atoms with Crippen LogP contribution in [0, 0.1) is 0 Å². The first kappa shape index (κ1) is 11.0. The summed E-state index contributed by atoms with van der Waals surface area (Å²) in [7, 11) is 0. The highest BCUT2D eigenvalue weighted by atomic mass is 19.4. The Labute approximate surface area is 89.8 Å². The van der Waals surface area contributed by atoms with Gasteiger partial charge in [-0.1, -0.05) is 18.2 Å². The van der Waals surface area contributed by atoms with Crippen LogP contribution in [0.25, 0.3) is 11.0 Å². The van der Waals surface area contributed by atoms with E-state index in [2.05, 4.69) is 0 Å². The zero-order valence-electron chi connectivity index (χ0n) is 8.34. The van der Waals surface area contributed by atoms with Gasteiger partial charge in [0, 0.05) is 5.39 Å². The molecule has 0 spiro atoms. The minimum absolute atomic E-state index is 0.278. The molecule has 0 amide bonds. The smallest absolute Gasteiger partial charge is 0.449 e. The second kappa shape index (κ2) is 3.83. The zero-order valence-corrected chi connectivity index (χ0v) is 8.34. The summed E-state index contributed by atoms with van der Waals surface area (Å²) in [5, 5.41) is 0.457. The lowest BCUT2D eigenvalue weighted by Crippen LogP contribution is -2.03. The monoisotopic (exact) mass is 229 g/mol. The highest BCUT2D eigenvalue weighted by Crippen LogP contribution is 2.34. The van der Waals surface area contributed by atoms with Gasteiger partial charge in [-0.05, 0) is 24.6 Å². The van der Waals surface area contributed by atoms with E-state index in [9.17, 15) is 13.2 Å². The van der Waals surface area contributed by atoms with Gasteiger partial charge in [-0.25, -0.2) is 0 Å². The molecule has 0 unspecified atom stereocenters. The summed E-state index contributed by atoms with van der Waals surface area (Å²) in [4.78, 5) is 0. The largest absolute Gasteiger partial charge is 0.451 e. The third-order valence-electron chi connectivity index (χ3n) is 2.32. The molecule has 0 bridgehead atoms. The van der Waals surface area contributed by atoms with Crippen molar-refractivity contribution in [3.8, 4) is 0 Å². The molecule has 2 N–H and O–H groups in total. The van der Waals surface area contributed by atoms with Crippen molar-refractivity contribution in [2.75, 3.05) is 6.54 Å². The van der Waals surface area contributed by atoms with E-state index in [0.717, 1.165) is 6.07 Å². The van der Waals surface area contributed by atoms with Gasteiger partial charge in [0.05, 0.1) is 0 Å². The van der Waals surface area contributed by atoms with Crippen LogP contribution in [0.5, 0.6) is 0 Å². The van der Waals surface area contributed by atoms with E-state index in [0.29, 0.717) is 23.9 Å². The number of hydrogen-bond acceptors (Lipinski definition) is 2. The number of fused-ring (bicyclic) bond motifs is 1. The van der Waals surface area contributed by atoms with Crippen molar-refractivity contribution in [2.24, 2.45) is 5.73 Å². The summed E-state index contributed by atoms with van der Waals surface area (Å²) >= 11 is 0. The Balaban J connectivity index is 2.57. The molecule has 2 nitrogen and oxygen atoms in total. The Morgan fingerprint density at radius 2 is 2.00 bits per heavy atom. The number of alkyl halides is 3. The van der Waals surface area contributed by atoms with E-state index in [4.69, 9.17) is 10.2 Å². The molecule has 0 atom stereocenters. The van der Waals surface area contributed by atoms with E-state index >= 15 is 0 Å². The molecule has 86 valence electrons. The van der Waals surface area contributed by atoms with Crippen molar-refractivity contribution in [3.05, 3.63) is 35.6 Å². The Hall–Kier alpha value is -1.49. The van der Waals surface area contributed by atoms with Crippen LogP contribution in [0.1, 0.15) is 11.3 Å². The van der Waals surface area contributed by atoms with Crippen LogP contribution < -0.4 is 5.73 Å². The summed E-state index contributed by atoms with van der Waals surface area (Å²) in [6.45, 7) is 0.376. The molecule has 0 saturated carbocycles. The van der Waals surface area contributed by atoms with Gasteiger partial charge in [0.25, 0.3) is 0 Å². The molecule has 1 heterocycles. The van der Waals surface area contributed by atoms with E-state index in [1.807, 2.05) is 0 Å². The maximum atomic E-state index is 12.4. The maximum Gasteiger partial charge on any atom is 0.449 e. The fourth-order valence-electron chi connectivity index (χ4n) is 1.62. The van der Waals surface area contributed by atoms with Gasteiger partial charge >= 0.3 is 6.18 Å². The number of rotatable bonds is 2. The first-order valence-corrected chi connectivity index (χ1v) is 4.81. The number of hydrogen-bond donors (Lipinski definition) is 1. The van der Waals surface area contributed by atoms with Crippen molar-refractivity contribution in [2.45, 2.75) is 12.6 Å². The van der Waals surface area contributed by atoms with Crippen molar-refractivity contribution in [3.63, 3.8) is 0 Å². The first-order valence-electron chi connectivity index (χ1n) is 4.81. The molecule has 16 heavy (non-hydrogen) atoms. The lowest BCUT2D eigenvalue weighted by atomic mass is 10.1. The quantitative estimate of drug-likeness (QED) is 0.859. The predicted molar refractivity (Wildman–Crippen MR) is 54.0 cm³/mol. The molecule has 0 saturated heterocycles. The van der Waals surface area contributed by atoms with Gasteiger partial charge in [0.1, 0.15) is 5.58 Å². The molecular formula is C11H10F3NO. The van der Waals surface area contributed by atoms with E-state index in [-0.39, 0.29) is 5.58 Å². The van der Waals surface area contributed by atoms with Gasteiger partial charge in [-0.2, -0.15) is 13.2 Å². The van der Waals surface area contributed by atoms with Gasteiger partial charge in [-0.15, -0.1) is 0 Å². The summed E-state index contributed by atoms with van der Waals surface area (Å²) < 4.78 is 42.1. The lowest BCUT2D eigenvalue weighted by molar-refractivity contribution is -0.152. The minimum atomic E-state index is -4.45. The first-order chi connectivity index (χ1) is 7.52. The van der Waals surface area contributed by atoms with Crippen LogP contribution in [0.2, 0.25) is 0 Å². The lowest BCUT2D eigenvalue weighted by Gasteiger charge is -2.01. The molecular weight excluding hydrogens is 219 g/mol. The second-order valence-corrected chi connectivity index (χ2v) is 3.48. The van der Waals surface area contributed by atoms with E-state index < -0.39 is 11.9 Å². The fourth-order valence-corrected chi connectivity index (χ4v) is 1.62. The summed E-state index contributed by atoms with van der Waals surface area (Å²) in [6, 6.07) is 6.02. The predicted octanol–water partition coefficient (Wildman–Crippen LogP) is 2.95. The van der Waals surface area contributed by atoms with Gasteiger partial charge in [0.2, 0.25) is 5.76 Å². The Morgan fingerprint density at radius 1 is 1.25 bits per heavy atom. The highest BCUT2D eigenvalue weighted by Gasteiger charge is 2.35. The second-order valence-electron chi connectivity index (χ2n) is 3.48. The average molecular weight is 229 g/mol. The molecule has 0 fully saturated rings. The molecule has 5 heteroatoms. The number of furan rings is 1. The van der Waals surface area contributed by atoms with Crippen molar-refractivity contribution in [1.82, 2.24) is 0 Å². The van der Waals surface area contributed by atoms with Crippen LogP contribution >= 0.6 is 0 Å². The Bertz CT molecular complexity index is 501. The van der Waals surface area contributed by atoms with Crippen molar-refractivity contribution in [1.29, 1.82) is 0 Å². The van der Waals surface area contributed by atoms with Crippen LogP contribution in [0.15, 0.2) is 28.7 Å². The summed E-state index contributed by atoms with van der Waals surface area (Å²) in [6.07, 6.45) is -3.94. The van der Waals surface area contributed by atoms with Crippen molar-refractivity contribution >= 4 is 11.0 Å². The molecule has 0 aliphatic carbocycles. The van der Waals surface area contributed by atoms with Crippen LogP contribution in [-0.2, 0) is 12.6 Å². The molecule has 2 rings (SSSR count). The van der Waals surface area contributed by atoms with E-state index in [1.165, 1.54) is 0 Å². The minimum Gasteiger partial charge on any atom is -0.451 e. The molecule has 2 aromatic rings. The average Bonchev–Trinajstić information content (AvgIpc) is 2.62. The molecule has 0 aliphatic rings. The molecule has 0 aliphatic heterocycles. The summed E-state index contributed by atoms with van der Waals surface area (Å²) in [5.41, 5.74) is 6.36. The fraction of sp³-hybridized carbons (Fsp3) is 0.273. The van der Waals surface area contributed by atoms with Crippen LogP contribution in [-0.4, -0.2) is 6.54 Å². The number of nitrogens with two attached hydrogens (primary N) is 1. The normalized spacial score (nSPS) is 12.2. The van der Waals surface area contributed by atoms with Gasteiger partial charge in [0.15, 0.2) is 0 Å². The van der Waals surface area contributed by atoms with Crippen LogP contribution in [0.3, 0.4) is 0 Å². The zero-order chi connectivity index (χ0) is 11.8. The van der Waals surface area contributed by atoms with Gasteiger partial charge < -0.3 is 10.2 Å². The topological polar surface area (TPSA) is 39.2 Å². The van der Waals surface area contributed by atoms with Crippen LogP contribution in [0.4, 0.5) is 13.2 Å². The Morgan fingerprint density at radius 3 is 2.62 bits per heavy atom.